The standard InChI is InChI=1S/C23H22N2O4/c1-3-28-19-12-14-20(15-13-19)29-22-7-5-4-6-21(22)25-23(26)18-10-8-17(9-11-18)16-24-27-2/h4-16H,3H2,1-2H3,(H,25,26)/b24-16+. The van der Waals surface area contributed by atoms with Crippen LogP contribution in [0.15, 0.2) is 78.0 Å². The van der Waals surface area contributed by atoms with Crippen LogP contribution >= 0.6 is 0 Å². The van der Waals surface area contributed by atoms with E-state index in [4.69, 9.17) is 9.47 Å². The van der Waals surface area contributed by atoms with Gasteiger partial charge in [0.05, 0.1) is 18.5 Å². The first-order valence-electron chi connectivity index (χ1n) is 9.17. The minimum atomic E-state index is -0.233. The Bertz CT molecular complexity index is 967. The lowest BCUT2D eigenvalue weighted by Crippen LogP contribution is -2.12. The molecule has 3 aromatic rings. The second-order valence-electron chi connectivity index (χ2n) is 6.00. The molecule has 0 saturated carbocycles. The van der Waals surface area contributed by atoms with Gasteiger partial charge in [0, 0.05) is 5.56 Å². The molecule has 0 atom stereocenters. The molecule has 0 fully saturated rings. The van der Waals surface area contributed by atoms with E-state index in [-0.39, 0.29) is 5.91 Å². The summed E-state index contributed by atoms with van der Waals surface area (Å²) in [4.78, 5) is 17.3. The summed E-state index contributed by atoms with van der Waals surface area (Å²) in [7, 11) is 1.48. The van der Waals surface area contributed by atoms with Gasteiger partial charge in [0.25, 0.3) is 5.91 Å². The van der Waals surface area contributed by atoms with Crippen molar-refractivity contribution in [1.29, 1.82) is 0 Å². The molecule has 6 nitrogen and oxygen atoms in total. The number of hydrogen-bond donors (Lipinski definition) is 1. The summed E-state index contributed by atoms with van der Waals surface area (Å²) in [6.07, 6.45) is 1.57. The van der Waals surface area contributed by atoms with Gasteiger partial charge in [-0.25, -0.2) is 0 Å². The van der Waals surface area contributed by atoms with E-state index in [1.54, 1.807) is 42.6 Å². The van der Waals surface area contributed by atoms with Crippen molar-refractivity contribution in [2.24, 2.45) is 5.16 Å². The summed E-state index contributed by atoms with van der Waals surface area (Å²) in [6, 6.07) is 21.6. The Morgan fingerprint density at radius 1 is 0.966 bits per heavy atom. The quantitative estimate of drug-likeness (QED) is 0.429. The molecule has 0 aliphatic rings. The lowest BCUT2D eigenvalue weighted by molar-refractivity contribution is 0.102. The van der Waals surface area contributed by atoms with Crippen molar-refractivity contribution in [2.45, 2.75) is 6.92 Å². The lowest BCUT2D eigenvalue weighted by Gasteiger charge is -2.13. The number of hydrogen-bond acceptors (Lipinski definition) is 5. The van der Waals surface area contributed by atoms with Crippen molar-refractivity contribution in [3.05, 3.63) is 83.9 Å². The summed E-state index contributed by atoms with van der Waals surface area (Å²) >= 11 is 0. The van der Waals surface area contributed by atoms with Gasteiger partial charge in [-0.15, -0.1) is 0 Å². The molecule has 0 heterocycles. The van der Waals surface area contributed by atoms with Crippen LogP contribution in [0.1, 0.15) is 22.8 Å². The molecule has 3 rings (SSSR count). The highest BCUT2D eigenvalue weighted by atomic mass is 16.6. The summed E-state index contributed by atoms with van der Waals surface area (Å²) in [5, 5.41) is 6.60. The van der Waals surface area contributed by atoms with Gasteiger partial charge >= 0.3 is 0 Å². The molecule has 1 N–H and O–H groups in total. The summed E-state index contributed by atoms with van der Waals surface area (Å²) in [5.74, 6) is 1.74. The summed E-state index contributed by atoms with van der Waals surface area (Å²) in [6.45, 7) is 2.54. The van der Waals surface area contributed by atoms with Gasteiger partial charge in [0.1, 0.15) is 18.6 Å². The summed E-state index contributed by atoms with van der Waals surface area (Å²) < 4.78 is 11.4. The van der Waals surface area contributed by atoms with Gasteiger partial charge in [-0.2, -0.15) is 0 Å². The lowest BCUT2D eigenvalue weighted by atomic mass is 10.1. The molecule has 0 saturated heterocycles. The molecule has 0 spiro atoms. The maximum Gasteiger partial charge on any atom is 0.255 e. The van der Waals surface area contributed by atoms with Crippen molar-refractivity contribution in [3.8, 4) is 17.2 Å². The average Bonchev–Trinajstić information content (AvgIpc) is 2.75. The topological polar surface area (TPSA) is 69.2 Å². The van der Waals surface area contributed by atoms with Crippen molar-refractivity contribution < 1.29 is 19.1 Å². The van der Waals surface area contributed by atoms with Crippen molar-refractivity contribution in [1.82, 2.24) is 0 Å². The highest BCUT2D eigenvalue weighted by Gasteiger charge is 2.10. The second-order valence-corrected chi connectivity index (χ2v) is 6.00. The van der Waals surface area contributed by atoms with Crippen LogP contribution in [0.3, 0.4) is 0 Å². The van der Waals surface area contributed by atoms with Crippen LogP contribution in [-0.2, 0) is 4.84 Å². The van der Waals surface area contributed by atoms with Crippen LogP contribution in [0.5, 0.6) is 17.2 Å². The Hall–Kier alpha value is -3.80. The van der Waals surface area contributed by atoms with Crippen molar-refractivity contribution >= 4 is 17.8 Å². The van der Waals surface area contributed by atoms with Crippen LogP contribution in [0.2, 0.25) is 0 Å². The van der Waals surface area contributed by atoms with Gasteiger partial charge < -0.3 is 19.6 Å². The number of nitrogens with one attached hydrogen (secondary N) is 1. The highest BCUT2D eigenvalue weighted by molar-refractivity contribution is 6.05. The van der Waals surface area contributed by atoms with Crippen LogP contribution < -0.4 is 14.8 Å². The molecule has 0 aromatic heterocycles. The van der Waals surface area contributed by atoms with Crippen LogP contribution in [-0.4, -0.2) is 25.8 Å². The number of oxime groups is 1. The molecule has 0 radical (unpaired) electrons. The molecule has 6 heteroatoms. The zero-order valence-corrected chi connectivity index (χ0v) is 16.3. The molecule has 1 amide bonds. The minimum absolute atomic E-state index is 0.233. The van der Waals surface area contributed by atoms with Gasteiger partial charge in [-0.3, -0.25) is 4.79 Å². The molecule has 148 valence electrons. The normalized spacial score (nSPS) is 10.6. The number of benzene rings is 3. The van der Waals surface area contributed by atoms with E-state index >= 15 is 0 Å². The van der Waals surface area contributed by atoms with Gasteiger partial charge in [0.2, 0.25) is 0 Å². The minimum Gasteiger partial charge on any atom is -0.494 e. The molecular formula is C23H22N2O4. The Morgan fingerprint density at radius 3 is 2.34 bits per heavy atom. The molecule has 3 aromatic carbocycles. The van der Waals surface area contributed by atoms with Gasteiger partial charge in [0.15, 0.2) is 5.75 Å². The first kappa shape index (κ1) is 19.9. The maximum absolute atomic E-state index is 12.6. The fourth-order valence-electron chi connectivity index (χ4n) is 2.59. The zero-order valence-electron chi connectivity index (χ0n) is 16.3. The molecule has 0 bridgehead atoms. The number of carbonyl (C=O) groups is 1. The average molecular weight is 390 g/mol. The van der Waals surface area contributed by atoms with E-state index in [0.717, 1.165) is 11.3 Å². The number of ether oxygens (including phenoxy) is 2. The maximum atomic E-state index is 12.6. The number of anilines is 1. The predicted molar refractivity (Wildman–Crippen MR) is 113 cm³/mol. The van der Waals surface area contributed by atoms with Crippen LogP contribution in [0.25, 0.3) is 0 Å². The van der Waals surface area contributed by atoms with E-state index in [0.29, 0.717) is 29.4 Å². The van der Waals surface area contributed by atoms with Gasteiger partial charge in [-0.1, -0.05) is 29.4 Å². The fraction of sp³-hybridized carbons (Fsp3) is 0.130. The van der Waals surface area contributed by atoms with E-state index in [2.05, 4.69) is 15.3 Å². The van der Waals surface area contributed by atoms with E-state index < -0.39 is 0 Å². The number of nitrogens with zero attached hydrogens (tertiary/aromatic N) is 1. The van der Waals surface area contributed by atoms with Crippen molar-refractivity contribution in [3.63, 3.8) is 0 Å². The van der Waals surface area contributed by atoms with E-state index in [9.17, 15) is 4.79 Å². The highest BCUT2D eigenvalue weighted by Crippen LogP contribution is 2.30. The number of amides is 1. The predicted octanol–water partition coefficient (Wildman–Crippen LogP) is 5.11. The fourth-order valence-corrected chi connectivity index (χ4v) is 2.59. The second kappa shape index (κ2) is 9.94. The number of para-hydroxylation sites is 2. The van der Waals surface area contributed by atoms with Gasteiger partial charge in [-0.05, 0) is 61.0 Å². The Balaban J connectivity index is 1.71. The van der Waals surface area contributed by atoms with Crippen LogP contribution in [0, 0.1) is 0 Å². The van der Waals surface area contributed by atoms with Crippen LogP contribution in [0.4, 0.5) is 5.69 Å². The monoisotopic (exact) mass is 390 g/mol. The number of rotatable bonds is 8. The first-order valence-corrected chi connectivity index (χ1v) is 9.17. The Kier molecular flexibility index (Phi) is 6.84. The third-order valence-corrected chi connectivity index (χ3v) is 3.98. The zero-order chi connectivity index (χ0) is 20.5. The molecule has 0 aliphatic heterocycles. The van der Waals surface area contributed by atoms with E-state index in [1.165, 1.54) is 7.11 Å². The first-order chi connectivity index (χ1) is 14.2. The third-order valence-electron chi connectivity index (χ3n) is 3.98. The SMILES string of the molecule is CCOc1ccc(Oc2ccccc2NC(=O)c2ccc(/C=N/OC)cc2)cc1. The third kappa shape index (κ3) is 5.59. The number of carbonyl (C=O) groups excluding carboxylic acids is 1. The molecule has 0 unspecified atom stereocenters. The van der Waals surface area contributed by atoms with E-state index in [1.807, 2.05) is 43.3 Å². The molecule has 0 aliphatic carbocycles. The smallest absolute Gasteiger partial charge is 0.255 e. The molecule has 29 heavy (non-hydrogen) atoms. The molecular weight excluding hydrogens is 368 g/mol. The largest absolute Gasteiger partial charge is 0.494 e. The Morgan fingerprint density at radius 2 is 1.66 bits per heavy atom. The Labute approximate surface area is 169 Å². The van der Waals surface area contributed by atoms with Crippen molar-refractivity contribution in [2.75, 3.05) is 19.0 Å². The summed E-state index contributed by atoms with van der Waals surface area (Å²) in [5.41, 5.74) is 1.94.